The first-order valence-corrected chi connectivity index (χ1v) is 18.3. The Bertz CT molecular complexity index is 867. The maximum Gasteiger partial charge on any atom is 0.305 e. The summed E-state index contributed by atoms with van der Waals surface area (Å²) >= 11 is 0. The highest BCUT2D eigenvalue weighted by Crippen LogP contribution is 2.33. The van der Waals surface area contributed by atoms with Crippen LogP contribution in [-0.4, -0.2) is 64.6 Å². The molecule has 0 amide bonds. The molecule has 5 atom stereocenters. The van der Waals surface area contributed by atoms with Crippen molar-refractivity contribution < 1.29 is 39.2 Å². The second kappa shape index (κ2) is 27.0. The molecule has 0 aromatic heterocycles. The number of carbonyl (C=O) groups is 3. The van der Waals surface area contributed by atoms with Gasteiger partial charge in [-0.2, -0.15) is 0 Å². The second-order valence-corrected chi connectivity index (χ2v) is 13.6. The minimum Gasteiger partial charge on any atom is -0.463 e. The number of esters is 2. The Morgan fingerprint density at radius 3 is 1.98 bits per heavy atom. The lowest BCUT2D eigenvalue weighted by atomic mass is 9.90. The molecule has 1 rings (SSSR count). The molecular weight excluding hydrogens is 584 g/mol. The van der Waals surface area contributed by atoms with Crippen LogP contribution in [0.3, 0.4) is 0 Å². The molecular formula is C38H66O8. The summed E-state index contributed by atoms with van der Waals surface area (Å²) < 4.78 is 10.2. The molecule has 0 saturated heterocycles. The highest BCUT2D eigenvalue weighted by Gasteiger charge is 2.39. The summed E-state index contributed by atoms with van der Waals surface area (Å²) in [5, 5.41) is 30.5. The van der Waals surface area contributed by atoms with E-state index in [4.69, 9.17) is 9.47 Å². The average Bonchev–Trinajstić information content (AvgIpc) is 3.29. The molecule has 0 heterocycles. The highest BCUT2D eigenvalue weighted by molar-refractivity contribution is 5.84. The number of ketones is 1. The van der Waals surface area contributed by atoms with Gasteiger partial charge in [0.1, 0.15) is 25.1 Å². The zero-order chi connectivity index (χ0) is 34.0. The van der Waals surface area contributed by atoms with Crippen LogP contribution >= 0.6 is 0 Å². The first kappa shape index (κ1) is 42.0. The second-order valence-electron chi connectivity index (χ2n) is 13.6. The van der Waals surface area contributed by atoms with Crippen LogP contribution in [-0.2, 0) is 23.9 Å². The van der Waals surface area contributed by atoms with Crippen LogP contribution < -0.4 is 0 Å². The topological polar surface area (TPSA) is 130 Å². The van der Waals surface area contributed by atoms with Gasteiger partial charge in [-0.1, -0.05) is 122 Å². The maximum absolute atomic E-state index is 12.4. The van der Waals surface area contributed by atoms with E-state index >= 15 is 0 Å². The van der Waals surface area contributed by atoms with Crippen molar-refractivity contribution in [3.05, 3.63) is 24.3 Å². The summed E-state index contributed by atoms with van der Waals surface area (Å²) in [5.74, 6) is -0.537. The molecule has 266 valence electrons. The van der Waals surface area contributed by atoms with Crippen LogP contribution in [0.2, 0.25) is 0 Å². The fraction of sp³-hybridized carbons (Fsp3) is 0.816. The van der Waals surface area contributed by atoms with Crippen LogP contribution in [0.1, 0.15) is 149 Å². The lowest BCUT2D eigenvalue weighted by Gasteiger charge is -2.16. The van der Waals surface area contributed by atoms with E-state index in [1.807, 2.05) is 12.2 Å². The zero-order valence-corrected chi connectivity index (χ0v) is 29.2. The third kappa shape index (κ3) is 21.7. The zero-order valence-electron chi connectivity index (χ0n) is 29.2. The number of rotatable bonds is 28. The summed E-state index contributed by atoms with van der Waals surface area (Å²) in [6, 6.07) is 0. The van der Waals surface area contributed by atoms with Gasteiger partial charge in [0.15, 0.2) is 0 Å². The summed E-state index contributed by atoms with van der Waals surface area (Å²) in [5.41, 5.74) is 0. The summed E-state index contributed by atoms with van der Waals surface area (Å²) in [7, 11) is 0. The number of allylic oxidation sites excluding steroid dienone is 2. The van der Waals surface area contributed by atoms with E-state index in [0.29, 0.717) is 32.1 Å². The molecule has 0 aromatic rings. The molecule has 46 heavy (non-hydrogen) atoms. The number of hydrogen-bond donors (Lipinski definition) is 3. The lowest BCUT2D eigenvalue weighted by Crippen LogP contribution is -2.25. The molecule has 0 aliphatic heterocycles. The Morgan fingerprint density at radius 2 is 1.37 bits per heavy atom. The fourth-order valence-corrected chi connectivity index (χ4v) is 5.84. The van der Waals surface area contributed by atoms with Gasteiger partial charge in [-0.3, -0.25) is 14.4 Å². The Labute approximate surface area is 279 Å². The Kier molecular flexibility index (Phi) is 24.6. The Morgan fingerprint density at radius 1 is 0.804 bits per heavy atom. The van der Waals surface area contributed by atoms with Crippen molar-refractivity contribution in [3.8, 4) is 0 Å². The van der Waals surface area contributed by atoms with E-state index in [9.17, 15) is 29.7 Å². The van der Waals surface area contributed by atoms with Crippen molar-refractivity contribution >= 4 is 17.7 Å². The number of unbranched alkanes of at least 4 members (excludes halogenated alkanes) is 11. The van der Waals surface area contributed by atoms with Crippen LogP contribution in [0.25, 0.3) is 0 Å². The molecule has 1 fully saturated rings. The molecule has 8 nitrogen and oxygen atoms in total. The molecule has 0 bridgehead atoms. The molecule has 3 N–H and O–H groups in total. The number of ether oxygens (including phenoxy) is 2. The fourth-order valence-electron chi connectivity index (χ4n) is 5.84. The first-order valence-electron chi connectivity index (χ1n) is 18.3. The van der Waals surface area contributed by atoms with Crippen molar-refractivity contribution in [2.75, 3.05) is 13.2 Å². The number of hydrogen-bond acceptors (Lipinski definition) is 8. The van der Waals surface area contributed by atoms with Gasteiger partial charge in [-0.25, -0.2) is 0 Å². The number of aliphatic hydroxyl groups is 3. The van der Waals surface area contributed by atoms with E-state index in [-0.39, 0.29) is 49.6 Å². The summed E-state index contributed by atoms with van der Waals surface area (Å²) in [4.78, 5) is 36.4. The Balaban J connectivity index is 2.09. The van der Waals surface area contributed by atoms with E-state index < -0.39 is 24.3 Å². The summed E-state index contributed by atoms with van der Waals surface area (Å²) in [6.07, 6.45) is 23.1. The van der Waals surface area contributed by atoms with Crippen LogP contribution in [0.5, 0.6) is 0 Å². The van der Waals surface area contributed by atoms with E-state index in [2.05, 4.69) is 20.8 Å². The average molecular weight is 651 g/mol. The van der Waals surface area contributed by atoms with Crippen molar-refractivity contribution in [2.45, 2.75) is 167 Å². The van der Waals surface area contributed by atoms with Gasteiger partial charge in [-0.15, -0.1) is 0 Å². The standard InChI is InChI=1S/C38H66O8/c1-4-5-15-21-31(39)25-26-34-33(35(41)27-36(34)42)22-17-13-14-19-24-38(44)46-29-32(40)28-45-37(43)23-18-12-10-8-6-7-9-11-16-20-30(2)3/h13,17,25-26,30-34,36,39-40,42H,4-12,14-16,18-24,27-29H2,1-3H3/b17-13-,26-25+/t31-,32-,33+,34+,36+/m0/s1. The molecule has 1 saturated carbocycles. The molecule has 0 aromatic carbocycles. The van der Waals surface area contributed by atoms with E-state index in [0.717, 1.165) is 44.4 Å². The van der Waals surface area contributed by atoms with Gasteiger partial charge in [0.05, 0.1) is 12.2 Å². The number of aliphatic hydroxyl groups excluding tert-OH is 3. The van der Waals surface area contributed by atoms with Crippen molar-refractivity contribution in [1.82, 2.24) is 0 Å². The quantitative estimate of drug-likeness (QED) is 0.0449. The van der Waals surface area contributed by atoms with Gasteiger partial charge in [-0.05, 0) is 38.0 Å². The van der Waals surface area contributed by atoms with Crippen LogP contribution in [0.4, 0.5) is 0 Å². The molecule has 0 radical (unpaired) electrons. The van der Waals surface area contributed by atoms with Crippen LogP contribution in [0.15, 0.2) is 24.3 Å². The SMILES string of the molecule is CCCCC[C@H](O)/C=C/[C@H]1[C@H](O)CC(=O)[C@@H]1C/C=C\CCCC(=O)OC[C@@H](O)COC(=O)CCCCCCCCCCCC(C)C. The number of Topliss-reactive ketones (excluding diaryl/α,β-unsaturated/α-hetero) is 1. The van der Waals surface area contributed by atoms with Gasteiger partial charge < -0.3 is 24.8 Å². The third-order valence-corrected chi connectivity index (χ3v) is 8.74. The smallest absolute Gasteiger partial charge is 0.305 e. The first-order chi connectivity index (χ1) is 22.1. The molecule has 8 heteroatoms. The van der Waals surface area contributed by atoms with Crippen molar-refractivity contribution in [3.63, 3.8) is 0 Å². The normalized spacial score (nSPS) is 19.8. The molecule has 1 aliphatic rings. The predicted molar refractivity (Wildman–Crippen MR) is 183 cm³/mol. The van der Waals surface area contributed by atoms with Gasteiger partial charge in [0.25, 0.3) is 0 Å². The van der Waals surface area contributed by atoms with Crippen molar-refractivity contribution in [1.29, 1.82) is 0 Å². The Hall–Kier alpha value is -2.03. The van der Waals surface area contributed by atoms with Gasteiger partial charge in [0, 0.05) is 31.1 Å². The van der Waals surface area contributed by atoms with Crippen LogP contribution in [0, 0.1) is 17.8 Å². The van der Waals surface area contributed by atoms with Gasteiger partial charge in [0.2, 0.25) is 0 Å². The summed E-state index contributed by atoms with van der Waals surface area (Å²) in [6.45, 7) is 6.26. The van der Waals surface area contributed by atoms with E-state index in [1.165, 1.54) is 44.9 Å². The molecule has 0 unspecified atom stereocenters. The third-order valence-electron chi connectivity index (χ3n) is 8.74. The van der Waals surface area contributed by atoms with E-state index in [1.54, 1.807) is 12.2 Å². The minimum atomic E-state index is -1.05. The van der Waals surface area contributed by atoms with Gasteiger partial charge >= 0.3 is 11.9 Å². The highest BCUT2D eigenvalue weighted by atomic mass is 16.6. The monoisotopic (exact) mass is 650 g/mol. The molecule has 1 aliphatic carbocycles. The lowest BCUT2D eigenvalue weighted by molar-refractivity contribution is -0.152. The largest absolute Gasteiger partial charge is 0.463 e. The maximum atomic E-state index is 12.4. The predicted octanol–water partition coefficient (Wildman–Crippen LogP) is 7.56. The number of carbonyl (C=O) groups excluding carboxylic acids is 3. The molecule has 0 spiro atoms. The minimum absolute atomic E-state index is 0.0314. The van der Waals surface area contributed by atoms with Crippen molar-refractivity contribution in [2.24, 2.45) is 17.8 Å².